The number of aromatic nitrogens is 3. The molecule has 2 fully saturated rings. The highest BCUT2D eigenvalue weighted by Crippen LogP contribution is 2.24. The van der Waals surface area contributed by atoms with Crippen LogP contribution in [0, 0.1) is 5.92 Å². The number of pyridine rings is 1. The molecule has 2 aromatic rings. The van der Waals surface area contributed by atoms with Gasteiger partial charge in [-0.2, -0.15) is 22.1 Å². The predicted octanol–water partition coefficient (Wildman–Crippen LogP) is 1.36. The minimum atomic E-state index is -3.33. The lowest BCUT2D eigenvalue weighted by molar-refractivity contribution is 0.234. The van der Waals surface area contributed by atoms with E-state index in [0.29, 0.717) is 32.7 Å². The molecular weight excluding hydrogens is 378 g/mol. The molecule has 4 heterocycles. The van der Waals surface area contributed by atoms with Crippen LogP contribution in [0.4, 0.5) is 0 Å². The normalized spacial score (nSPS) is 19.9. The van der Waals surface area contributed by atoms with E-state index in [1.165, 1.54) is 10.7 Å². The molecule has 0 N–H and O–H groups in total. The molecule has 2 saturated heterocycles. The largest absolute Gasteiger partial charge is 0.281 e. The van der Waals surface area contributed by atoms with E-state index in [0.717, 1.165) is 36.9 Å². The molecular formula is C19H25N5O3S. The lowest BCUT2D eigenvalue weighted by atomic mass is 9.98. The van der Waals surface area contributed by atoms with E-state index in [2.05, 4.69) is 10.1 Å². The van der Waals surface area contributed by atoms with Gasteiger partial charge in [0.15, 0.2) is 0 Å². The highest BCUT2D eigenvalue weighted by molar-refractivity contribution is 7.86. The molecule has 0 spiro atoms. The molecule has 2 aliphatic rings. The van der Waals surface area contributed by atoms with Crippen LogP contribution in [-0.4, -0.2) is 58.0 Å². The highest BCUT2D eigenvalue weighted by atomic mass is 32.2. The zero-order chi connectivity index (χ0) is 19.6. The van der Waals surface area contributed by atoms with Gasteiger partial charge in [0.2, 0.25) is 0 Å². The van der Waals surface area contributed by atoms with Gasteiger partial charge in [-0.05, 0) is 49.8 Å². The van der Waals surface area contributed by atoms with E-state index in [-0.39, 0.29) is 11.5 Å². The Morgan fingerprint density at radius 2 is 1.57 bits per heavy atom. The van der Waals surface area contributed by atoms with Crippen LogP contribution in [-0.2, 0) is 16.8 Å². The fraction of sp³-hybridized carbons (Fsp3) is 0.526. The molecule has 150 valence electrons. The van der Waals surface area contributed by atoms with Crippen LogP contribution in [0.2, 0.25) is 0 Å². The maximum atomic E-state index is 12.7. The molecule has 0 aromatic carbocycles. The molecule has 0 unspecified atom stereocenters. The van der Waals surface area contributed by atoms with E-state index in [1.807, 2.05) is 12.1 Å². The Bertz CT molecular complexity index is 963. The first-order valence-corrected chi connectivity index (χ1v) is 11.2. The number of piperidine rings is 1. The van der Waals surface area contributed by atoms with Gasteiger partial charge in [0.25, 0.3) is 15.8 Å². The average Bonchev–Trinajstić information content (AvgIpc) is 3.27. The second kappa shape index (κ2) is 8.10. The molecule has 0 aliphatic carbocycles. The van der Waals surface area contributed by atoms with Crippen LogP contribution in [0.25, 0.3) is 11.3 Å². The molecule has 28 heavy (non-hydrogen) atoms. The van der Waals surface area contributed by atoms with Crippen molar-refractivity contribution in [1.82, 2.24) is 23.4 Å². The second-order valence-electron chi connectivity index (χ2n) is 7.43. The third kappa shape index (κ3) is 4.01. The summed E-state index contributed by atoms with van der Waals surface area (Å²) in [6.07, 6.45) is 6.75. The zero-order valence-electron chi connectivity index (χ0n) is 15.8. The number of hydrogen-bond acceptors (Lipinski definition) is 5. The van der Waals surface area contributed by atoms with E-state index < -0.39 is 10.2 Å². The predicted molar refractivity (Wildman–Crippen MR) is 106 cm³/mol. The third-order valence-corrected chi connectivity index (χ3v) is 7.60. The Morgan fingerprint density at radius 1 is 0.929 bits per heavy atom. The smallest absolute Gasteiger partial charge is 0.268 e. The van der Waals surface area contributed by atoms with Gasteiger partial charge in [0.05, 0.1) is 5.69 Å². The maximum absolute atomic E-state index is 12.7. The van der Waals surface area contributed by atoms with Crippen molar-refractivity contribution in [3.8, 4) is 11.3 Å². The van der Waals surface area contributed by atoms with Gasteiger partial charge in [-0.15, -0.1) is 0 Å². The van der Waals surface area contributed by atoms with Gasteiger partial charge in [0.1, 0.15) is 0 Å². The molecule has 0 radical (unpaired) electrons. The minimum Gasteiger partial charge on any atom is -0.268 e. The van der Waals surface area contributed by atoms with Gasteiger partial charge in [-0.3, -0.25) is 9.78 Å². The summed E-state index contributed by atoms with van der Waals surface area (Å²) in [4.78, 5) is 16.3. The van der Waals surface area contributed by atoms with Gasteiger partial charge >= 0.3 is 0 Å². The van der Waals surface area contributed by atoms with Gasteiger partial charge < -0.3 is 0 Å². The summed E-state index contributed by atoms with van der Waals surface area (Å²) in [6.45, 7) is 2.77. The van der Waals surface area contributed by atoms with Crippen LogP contribution >= 0.6 is 0 Å². The van der Waals surface area contributed by atoms with Gasteiger partial charge in [0, 0.05) is 56.7 Å². The zero-order valence-corrected chi connectivity index (χ0v) is 16.6. The molecule has 8 nitrogen and oxygen atoms in total. The molecule has 4 rings (SSSR count). The highest BCUT2D eigenvalue weighted by Gasteiger charge is 2.34. The Balaban J connectivity index is 1.42. The van der Waals surface area contributed by atoms with Crippen molar-refractivity contribution >= 4 is 10.2 Å². The maximum Gasteiger partial charge on any atom is 0.281 e. The molecule has 9 heteroatoms. The van der Waals surface area contributed by atoms with E-state index in [4.69, 9.17) is 0 Å². The number of hydrogen-bond donors (Lipinski definition) is 0. The lowest BCUT2D eigenvalue weighted by Crippen LogP contribution is -2.46. The summed E-state index contributed by atoms with van der Waals surface area (Å²) in [5, 5.41) is 4.50. The number of rotatable bonds is 5. The van der Waals surface area contributed by atoms with E-state index in [1.54, 1.807) is 27.1 Å². The summed E-state index contributed by atoms with van der Waals surface area (Å²) < 4.78 is 30.1. The second-order valence-corrected chi connectivity index (χ2v) is 9.36. The summed E-state index contributed by atoms with van der Waals surface area (Å²) in [7, 11) is -3.33. The topological polar surface area (TPSA) is 88.4 Å². The SMILES string of the molecule is O=c1ccc(-c2ccncc2)nn1CC1CCN(S(=O)(=O)N2CCCC2)CC1. The van der Waals surface area contributed by atoms with Gasteiger partial charge in [-0.25, -0.2) is 4.68 Å². The first-order chi connectivity index (χ1) is 13.5. The van der Waals surface area contributed by atoms with E-state index in [9.17, 15) is 13.2 Å². The first kappa shape index (κ1) is 19.2. The Kier molecular flexibility index (Phi) is 5.56. The Hall–Kier alpha value is -2.10. The molecule has 0 amide bonds. The lowest BCUT2D eigenvalue weighted by Gasteiger charge is -2.33. The molecule has 0 saturated carbocycles. The standard InChI is InChI=1S/C19H25N5O3S/c25-19-4-3-18(17-5-9-20-10-6-17)21-24(19)15-16-7-13-23(14-8-16)28(26,27)22-11-1-2-12-22/h3-6,9-10,16H,1-2,7-8,11-15H2. The van der Waals surface area contributed by atoms with Crippen LogP contribution in [0.3, 0.4) is 0 Å². The van der Waals surface area contributed by atoms with Crippen LogP contribution in [0.5, 0.6) is 0 Å². The van der Waals surface area contributed by atoms with Crippen molar-refractivity contribution in [1.29, 1.82) is 0 Å². The van der Waals surface area contributed by atoms with Crippen molar-refractivity contribution in [3.05, 3.63) is 47.0 Å². The summed E-state index contributed by atoms with van der Waals surface area (Å²) in [5.41, 5.74) is 1.51. The van der Waals surface area contributed by atoms with Crippen molar-refractivity contribution in [3.63, 3.8) is 0 Å². The average molecular weight is 404 g/mol. The van der Waals surface area contributed by atoms with Crippen LogP contribution in [0.1, 0.15) is 25.7 Å². The van der Waals surface area contributed by atoms with E-state index >= 15 is 0 Å². The first-order valence-electron chi connectivity index (χ1n) is 9.78. The summed E-state index contributed by atoms with van der Waals surface area (Å²) >= 11 is 0. The fourth-order valence-electron chi connectivity index (χ4n) is 3.91. The van der Waals surface area contributed by atoms with Gasteiger partial charge in [-0.1, -0.05) is 0 Å². The summed E-state index contributed by atoms with van der Waals surface area (Å²) in [5.74, 6) is 0.239. The van der Waals surface area contributed by atoms with Crippen molar-refractivity contribution < 1.29 is 8.42 Å². The molecule has 0 atom stereocenters. The fourth-order valence-corrected chi connectivity index (χ4v) is 5.62. The monoisotopic (exact) mass is 403 g/mol. The third-order valence-electron chi connectivity index (χ3n) is 5.56. The Labute approximate surface area is 165 Å². The van der Waals surface area contributed by atoms with Crippen LogP contribution < -0.4 is 5.56 Å². The van der Waals surface area contributed by atoms with Crippen molar-refractivity contribution in [2.45, 2.75) is 32.2 Å². The quantitative estimate of drug-likeness (QED) is 0.752. The number of nitrogens with zero attached hydrogens (tertiary/aromatic N) is 5. The van der Waals surface area contributed by atoms with Crippen molar-refractivity contribution in [2.24, 2.45) is 5.92 Å². The Morgan fingerprint density at radius 3 is 2.25 bits per heavy atom. The van der Waals surface area contributed by atoms with Crippen LogP contribution in [0.15, 0.2) is 41.5 Å². The summed E-state index contributed by atoms with van der Waals surface area (Å²) in [6, 6.07) is 6.98. The molecule has 0 bridgehead atoms. The molecule has 2 aliphatic heterocycles. The molecule has 2 aromatic heterocycles. The minimum absolute atomic E-state index is 0.134. The van der Waals surface area contributed by atoms with Crippen molar-refractivity contribution in [2.75, 3.05) is 26.2 Å².